The van der Waals surface area contributed by atoms with E-state index in [-0.39, 0.29) is 5.91 Å². The highest BCUT2D eigenvalue weighted by Gasteiger charge is 2.13. The molecule has 0 aliphatic rings. The van der Waals surface area contributed by atoms with Gasteiger partial charge in [0.15, 0.2) is 0 Å². The first-order valence-electron chi connectivity index (χ1n) is 5.57. The molecule has 18 heavy (non-hydrogen) atoms. The molecule has 2 rings (SSSR count). The molecular formula is C13H13ClN2OS. The number of carbonyl (C=O) groups is 1. The van der Waals surface area contributed by atoms with Gasteiger partial charge in [-0.3, -0.25) is 4.79 Å². The minimum absolute atomic E-state index is 0.103. The summed E-state index contributed by atoms with van der Waals surface area (Å²) in [5, 5.41) is 2.38. The van der Waals surface area contributed by atoms with E-state index >= 15 is 0 Å². The summed E-state index contributed by atoms with van der Waals surface area (Å²) < 4.78 is 0. The number of amides is 1. The summed E-state index contributed by atoms with van der Waals surface area (Å²) in [6.45, 7) is 0.674. The van der Waals surface area contributed by atoms with Crippen LogP contribution in [0.2, 0.25) is 5.15 Å². The van der Waals surface area contributed by atoms with Gasteiger partial charge >= 0.3 is 0 Å². The second kappa shape index (κ2) is 5.98. The van der Waals surface area contributed by atoms with E-state index in [1.807, 2.05) is 11.4 Å². The zero-order valence-corrected chi connectivity index (χ0v) is 11.5. The average molecular weight is 281 g/mol. The first-order chi connectivity index (χ1) is 8.66. The van der Waals surface area contributed by atoms with Gasteiger partial charge in [-0.25, -0.2) is 4.98 Å². The van der Waals surface area contributed by atoms with Gasteiger partial charge in [0.2, 0.25) is 0 Å². The third kappa shape index (κ3) is 3.31. The van der Waals surface area contributed by atoms with Crippen LogP contribution in [0.5, 0.6) is 0 Å². The highest BCUT2D eigenvalue weighted by Crippen LogP contribution is 2.11. The summed E-state index contributed by atoms with van der Waals surface area (Å²) in [7, 11) is 1.78. The molecule has 0 unspecified atom stereocenters. The molecule has 0 N–H and O–H groups in total. The van der Waals surface area contributed by atoms with Crippen LogP contribution in [0.1, 0.15) is 15.4 Å². The van der Waals surface area contributed by atoms with Crippen LogP contribution >= 0.6 is 22.9 Å². The topological polar surface area (TPSA) is 33.2 Å². The Kier molecular flexibility index (Phi) is 4.33. The van der Waals surface area contributed by atoms with Crippen LogP contribution < -0.4 is 0 Å². The van der Waals surface area contributed by atoms with E-state index in [0.717, 1.165) is 6.42 Å². The molecule has 3 nitrogen and oxygen atoms in total. The minimum atomic E-state index is -0.103. The molecular weight excluding hydrogens is 268 g/mol. The number of thiophene rings is 1. The third-order valence-corrected chi connectivity index (χ3v) is 3.70. The Morgan fingerprint density at radius 2 is 2.22 bits per heavy atom. The molecule has 0 atom stereocenters. The van der Waals surface area contributed by atoms with Gasteiger partial charge in [0.1, 0.15) is 10.8 Å². The third-order valence-electron chi connectivity index (χ3n) is 2.55. The fraction of sp³-hybridized carbons (Fsp3) is 0.231. The molecule has 0 spiro atoms. The van der Waals surface area contributed by atoms with Crippen molar-refractivity contribution in [3.63, 3.8) is 0 Å². The minimum Gasteiger partial charge on any atom is -0.340 e. The number of hydrogen-bond acceptors (Lipinski definition) is 3. The maximum atomic E-state index is 12.1. The smallest absolute Gasteiger partial charge is 0.272 e. The van der Waals surface area contributed by atoms with Crippen LogP contribution in [0, 0.1) is 0 Å². The maximum Gasteiger partial charge on any atom is 0.272 e. The standard InChI is InChI=1S/C13H13ClN2OS/c1-16(8-7-10-4-3-9-18-10)13(17)11-5-2-6-12(14)15-11/h2-6,9H,7-8H2,1H3. The van der Waals surface area contributed by atoms with Gasteiger partial charge < -0.3 is 4.90 Å². The van der Waals surface area contributed by atoms with Crippen molar-refractivity contribution in [2.24, 2.45) is 0 Å². The molecule has 1 amide bonds. The first-order valence-corrected chi connectivity index (χ1v) is 6.83. The lowest BCUT2D eigenvalue weighted by atomic mass is 10.3. The lowest BCUT2D eigenvalue weighted by Gasteiger charge is -2.16. The summed E-state index contributed by atoms with van der Waals surface area (Å²) in [5.41, 5.74) is 0.385. The van der Waals surface area contributed by atoms with Crippen LogP contribution in [0.25, 0.3) is 0 Å². The van der Waals surface area contributed by atoms with Crippen molar-refractivity contribution in [3.8, 4) is 0 Å². The number of aromatic nitrogens is 1. The van der Waals surface area contributed by atoms with Crippen LogP contribution in [-0.4, -0.2) is 29.4 Å². The van der Waals surface area contributed by atoms with E-state index in [4.69, 9.17) is 11.6 Å². The Morgan fingerprint density at radius 1 is 1.39 bits per heavy atom. The van der Waals surface area contributed by atoms with Crippen LogP contribution in [0.15, 0.2) is 35.7 Å². The zero-order chi connectivity index (χ0) is 13.0. The van der Waals surface area contributed by atoms with Crippen molar-refractivity contribution < 1.29 is 4.79 Å². The molecule has 2 aromatic heterocycles. The summed E-state index contributed by atoms with van der Waals surface area (Å²) in [6, 6.07) is 9.15. The van der Waals surface area contributed by atoms with Gasteiger partial charge in [-0.05, 0) is 30.0 Å². The van der Waals surface area contributed by atoms with Crippen molar-refractivity contribution in [3.05, 3.63) is 51.4 Å². The van der Waals surface area contributed by atoms with E-state index in [1.165, 1.54) is 4.88 Å². The largest absolute Gasteiger partial charge is 0.340 e. The van der Waals surface area contributed by atoms with E-state index in [9.17, 15) is 4.79 Å². The van der Waals surface area contributed by atoms with Crippen molar-refractivity contribution in [1.29, 1.82) is 0 Å². The normalized spacial score (nSPS) is 10.3. The zero-order valence-electron chi connectivity index (χ0n) is 9.97. The number of halogens is 1. The molecule has 2 heterocycles. The van der Waals surface area contributed by atoms with E-state index in [1.54, 1.807) is 41.5 Å². The van der Waals surface area contributed by atoms with Crippen LogP contribution in [0.3, 0.4) is 0 Å². The Labute approximate surface area is 115 Å². The van der Waals surface area contributed by atoms with Crippen molar-refractivity contribution in [1.82, 2.24) is 9.88 Å². The lowest BCUT2D eigenvalue weighted by Crippen LogP contribution is -2.29. The number of pyridine rings is 1. The second-order valence-electron chi connectivity index (χ2n) is 3.90. The predicted molar refractivity (Wildman–Crippen MR) is 74.2 cm³/mol. The average Bonchev–Trinajstić information content (AvgIpc) is 2.88. The van der Waals surface area contributed by atoms with E-state index in [2.05, 4.69) is 11.1 Å². The Bertz CT molecular complexity index is 528. The molecule has 0 aromatic carbocycles. The fourth-order valence-electron chi connectivity index (χ4n) is 1.56. The van der Waals surface area contributed by atoms with E-state index < -0.39 is 0 Å². The number of rotatable bonds is 4. The van der Waals surface area contributed by atoms with Crippen LogP contribution in [-0.2, 0) is 6.42 Å². The molecule has 5 heteroatoms. The van der Waals surface area contributed by atoms with E-state index in [0.29, 0.717) is 17.4 Å². The molecule has 0 bridgehead atoms. The van der Waals surface area contributed by atoms with Gasteiger partial charge in [0, 0.05) is 18.5 Å². The molecule has 94 valence electrons. The molecule has 0 fully saturated rings. The van der Waals surface area contributed by atoms with Crippen molar-refractivity contribution >= 4 is 28.8 Å². The first kappa shape index (κ1) is 13.1. The fourth-order valence-corrected chi connectivity index (χ4v) is 2.42. The van der Waals surface area contributed by atoms with Gasteiger partial charge in [-0.2, -0.15) is 0 Å². The predicted octanol–water partition coefficient (Wildman–Crippen LogP) is 3.11. The Morgan fingerprint density at radius 3 is 2.89 bits per heavy atom. The molecule has 0 aliphatic heterocycles. The number of hydrogen-bond donors (Lipinski definition) is 0. The lowest BCUT2D eigenvalue weighted by molar-refractivity contribution is 0.0791. The van der Waals surface area contributed by atoms with Crippen molar-refractivity contribution in [2.45, 2.75) is 6.42 Å². The second-order valence-corrected chi connectivity index (χ2v) is 5.32. The highest BCUT2D eigenvalue weighted by molar-refractivity contribution is 7.09. The molecule has 0 radical (unpaired) electrons. The number of carbonyl (C=O) groups excluding carboxylic acids is 1. The monoisotopic (exact) mass is 280 g/mol. The summed E-state index contributed by atoms with van der Waals surface area (Å²) in [6.07, 6.45) is 0.862. The Balaban J connectivity index is 1.96. The van der Waals surface area contributed by atoms with Gasteiger partial charge in [0.25, 0.3) is 5.91 Å². The number of nitrogens with zero attached hydrogens (tertiary/aromatic N) is 2. The summed E-state index contributed by atoms with van der Waals surface area (Å²) >= 11 is 7.47. The SMILES string of the molecule is CN(CCc1cccs1)C(=O)c1cccc(Cl)n1. The number of likely N-dealkylation sites (N-methyl/N-ethyl adjacent to an activating group) is 1. The summed E-state index contributed by atoms with van der Waals surface area (Å²) in [4.78, 5) is 19.0. The molecule has 0 aliphatic carbocycles. The molecule has 0 saturated heterocycles. The molecule has 0 saturated carbocycles. The van der Waals surface area contributed by atoms with Crippen molar-refractivity contribution in [2.75, 3.05) is 13.6 Å². The molecule has 2 aromatic rings. The quantitative estimate of drug-likeness (QED) is 0.806. The highest BCUT2D eigenvalue weighted by atomic mass is 35.5. The van der Waals surface area contributed by atoms with Crippen LogP contribution in [0.4, 0.5) is 0 Å². The summed E-state index contributed by atoms with van der Waals surface area (Å²) in [5.74, 6) is -0.103. The van der Waals surface area contributed by atoms with Gasteiger partial charge in [-0.1, -0.05) is 23.7 Å². The maximum absolute atomic E-state index is 12.1. The van der Waals surface area contributed by atoms with Gasteiger partial charge in [0.05, 0.1) is 0 Å². The Hall–Kier alpha value is -1.39. The van der Waals surface area contributed by atoms with Gasteiger partial charge in [-0.15, -0.1) is 11.3 Å².